The van der Waals surface area contributed by atoms with Gasteiger partial charge < -0.3 is 30.0 Å². The van der Waals surface area contributed by atoms with Crippen LogP contribution in [0.25, 0.3) is 0 Å². The molecule has 0 bridgehead atoms. The summed E-state index contributed by atoms with van der Waals surface area (Å²) in [6, 6.07) is 10.7. The van der Waals surface area contributed by atoms with Crippen molar-refractivity contribution in [3.8, 4) is 0 Å². The quantitative estimate of drug-likeness (QED) is 0.596. The lowest BCUT2D eigenvalue weighted by Gasteiger charge is -2.31. The van der Waals surface area contributed by atoms with Crippen LogP contribution in [0.4, 0.5) is 10.5 Å². The molecule has 3 N–H and O–H groups in total. The summed E-state index contributed by atoms with van der Waals surface area (Å²) in [5, 5.41) is 8.52. The maximum absolute atomic E-state index is 12.5. The molecule has 1 saturated heterocycles. The van der Waals surface area contributed by atoms with E-state index in [-0.39, 0.29) is 30.4 Å². The lowest BCUT2D eigenvalue weighted by molar-refractivity contribution is -0.126. The molecule has 31 heavy (non-hydrogen) atoms. The maximum atomic E-state index is 12.5. The van der Waals surface area contributed by atoms with Gasteiger partial charge in [-0.1, -0.05) is 12.1 Å². The summed E-state index contributed by atoms with van der Waals surface area (Å²) in [6.07, 6.45) is 2.82. The number of nitrogens with zero attached hydrogens (tertiary/aromatic N) is 1. The summed E-state index contributed by atoms with van der Waals surface area (Å²) in [6.45, 7) is 1.75. The number of ether oxygens (including phenoxy) is 1. The molecule has 1 aliphatic rings. The van der Waals surface area contributed by atoms with E-state index < -0.39 is 0 Å². The Hall–Kier alpha value is -3.33. The monoisotopic (exact) mass is 428 g/mol. The van der Waals surface area contributed by atoms with Gasteiger partial charge in [0.15, 0.2) is 0 Å². The van der Waals surface area contributed by atoms with Crippen molar-refractivity contribution >= 4 is 23.5 Å². The molecule has 1 aromatic carbocycles. The first-order chi connectivity index (χ1) is 15.0. The largest absolute Gasteiger partial charge is 0.467 e. The number of hydrogen-bond acceptors (Lipinski definition) is 5. The van der Waals surface area contributed by atoms with Crippen molar-refractivity contribution in [3.63, 3.8) is 0 Å². The van der Waals surface area contributed by atoms with E-state index in [0.717, 1.165) is 5.56 Å². The smallest absolute Gasteiger partial charge is 0.317 e. The van der Waals surface area contributed by atoms with Crippen molar-refractivity contribution in [1.29, 1.82) is 0 Å². The molecule has 4 amide bonds. The fourth-order valence-electron chi connectivity index (χ4n) is 3.45. The molecule has 1 aromatic heterocycles. The number of urea groups is 1. The standard InChI is InChI=1S/C22H28N4O5/c1-30-15-20(27)25-18-5-2-4-16(12-18)13-24-22(29)26-9-7-17(8-10-26)21(28)23-14-19-6-3-11-31-19/h2-6,11-12,17H,7-10,13-15H2,1H3,(H,23,28)(H,24,29)(H,25,27). The van der Waals surface area contributed by atoms with Gasteiger partial charge in [0.05, 0.1) is 12.8 Å². The Labute approximate surface area is 181 Å². The van der Waals surface area contributed by atoms with Crippen molar-refractivity contribution in [2.24, 2.45) is 5.92 Å². The van der Waals surface area contributed by atoms with E-state index in [0.29, 0.717) is 50.5 Å². The summed E-state index contributed by atoms with van der Waals surface area (Å²) in [5.41, 5.74) is 1.52. The van der Waals surface area contributed by atoms with Gasteiger partial charge in [-0.3, -0.25) is 9.59 Å². The van der Waals surface area contributed by atoms with E-state index >= 15 is 0 Å². The van der Waals surface area contributed by atoms with Gasteiger partial charge in [0, 0.05) is 38.3 Å². The van der Waals surface area contributed by atoms with Crippen molar-refractivity contribution < 1.29 is 23.5 Å². The lowest BCUT2D eigenvalue weighted by Crippen LogP contribution is -2.46. The van der Waals surface area contributed by atoms with Crippen LogP contribution in [0.3, 0.4) is 0 Å². The van der Waals surface area contributed by atoms with E-state index in [1.165, 1.54) is 7.11 Å². The number of benzene rings is 1. The first kappa shape index (κ1) is 22.4. The zero-order valence-electron chi connectivity index (χ0n) is 17.6. The van der Waals surface area contributed by atoms with Gasteiger partial charge in [-0.05, 0) is 42.7 Å². The first-order valence-electron chi connectivity index (χ1n) is 10.3. The number of methoxy groups -OCH3 is 1. The number of furan rings is 1. The number of carbonyl (C=O) groups excluding carboxylic acids is 3. The number of rotatable bonds is 8. The zero-order chi connectivity index (χ0) is 22.1. The fourth-order valence-corrected chi connectivity index (χ4v) is 3.45. The molecule has 0 unspecified atom stereocenters. The van der Waals surface area contributed by atoms with Crippen molar-refractivity contribution in [2.75, 3.05) is 32.1 Å². The molecule has 3 rings (SSSR count). The summed E-state index contributed by atoms with van der Waals surface area (Å²) >= 11 is 0. The molecule has 1 fully saturated rings. The SMILES string of the molecule is COCC(=O)Nc1cccc(CNC(=O)N2CCC(C(=O)NCc3ccco3)CC2)c1. The second kappa shape index (κ2) is 11.2. The van der Waals surface area contributed by atoms with E-state index in [4.69, 9.17) is 9.15 Å². The van der Waals surface area contributed by atoms with Crippen LogP contribution in [0.2, 0.25) is 0 Å². The molecule has 0 aliphatic carbocycles. The molecular weight excluding hydrogens is 400 g/mol. The van der Waals surface area contributed by atoms with Gasteiger partial charge >= 0.3 is 6.03 Å². The van der Waals surface area contributed by atoms with Crippen LogP contribution in [0, 0.1) is 5.92 Å². The van der Waals surface area contributed by atoms with Gasteiger partial charge in [0.25, 0.3) is 0 Å². The molecule has 0 radical (unpaired) electrons. The van der Waals surface area contributed by atoms with Crippen molar-refractivity contribution in [3.05, 3.63) is 54.0 Å². The lowest BCUT2D eigenvalue weighted by atomic mass is 9.96. The molecule has 0 saturated carbocycles. The molecule has 9 nitrogen and oxygen atoms in total. The molecule has 0 atom stereocenters. The normalized spacial score (nSPS) is 14.2. The van der Waals surface area contributed by atoms with Gasteiger partial charge in [-0.2, -0.15) is 0 Å². The van der Waals surface area contributed by atoms with Crippen molar-refractivity contribution in [1.82, 2.24) is 15.5 Å². The second-order valence-electron chi connectivity index (χ2n) is 7.40. The van der Waals surface area contributed by atoms with Crippen LogP contribution in [-0.2, 0) is 27.4 Å². The topological polar surface area (TPSA) is 113 Å². The predicted octanol–water partition coefficient (Wildman–Crippen LogP) is 2.10. The van der Waals surface area contributed by atoms with Crippen LogP contribution >= 0.6 is 0 Å². The summed E-state index contributed by atoms with van der Waals surface area (Å²) in [7, 11) is 1.46. The Morgan fingerprint density at radius 3 is 2.61 bits per heavy atom. The fraction of sp³-hybridized carbons (Fsp3) is 0.409. The molecular formula is C22H28N4O5. The molecule has 1 aliphatic heterocycles. The highest BCUT2D eigenvalue weighted by Crippen LogP contribution is 2.18. The number of carbonyl (C=O) groups is 3. The van der Waals surface area contributed by atoms with Crippen LogP contribution in [0.1, 0.15) is 24.2 Å². The number of piperidine rings is 1. The third-order valence-electron chi connectivity index (χ3n) is 5.10. The number of hydrogen-bond donors (Lipinski definition) is 3. The maximum Gasteiger partial charge on any atom is 0.317 e. The van der Waals surface area contributed by atoms with E-state index in [2.05, 4.69) is 16.0 Å². The van der Waals surface area contributed by atoms with E-state index in [1.54, 1.807) is 23.3 Å². The van der Waals surface area contributed by atoms with E-state index in [1.807, 2.05) is 24.3 Å². The molecule has 0 spiro atoms. The van der Waals surface area contributed by atoms with Crippen LogP contribution in [0.5, 0.6) is 0 Å². The number of nitrogens with one attached hydrogen (secondary N) is 3. The molecule has 2 heterocycles. The van der Waals surface area contributed by atoms with Crippen LogP contribution in [0.15, 0.2) is 47.1 Å². The van der Waals surface area contributed by atoms with Gasteiger partial charge in [0.1, 0.15) is 12.4 Å². The first-order valence-corrected chi connectivity index (χ1v) is 10.3. The highest BCUT2D eigenvalue weighted by molar-refractivity contribution is 5.91. The number of anilines is 1. The Balaban J connectivity index is 1.40. The summed E-state index contributed by atoms with van der Waals surface area (Å²) < 4.78 is 10.0. The average Bonchev–Trinajstić information content (AvgIpc) is 3.30. The third-order valence-corrected chi connectivity index (χ3v) is 5.10. The van der Waals surface area contributed by atoms with Crippen LogP contribution < -0.4 is 16.0 Å². The van der Waals surface area contributed by atoms with Crippen LogP contribution in [-0.4, -0.2) is 49.6 Å². The van der Waals surface area contributed by atoms with Crippen molar-refractivity contribution in [2.45, 2.75) is 25.9 Å². The zero-order valence-corrected chi connectivity index (χ0v) is 17.6. The third kappa shape index (κ3) is 6.85. The minimum atomic E-state index is -0.236. The predicted molar refractivity (Wildman–Crippen MR) is 114 cm³/mol. The van der Waals surface area contributed by atoms with E-state index in [9.17, 15) is 14.4 Å². The number of amides is 4. The highest BCUT2D eigenvalue weighted by atomic mass is 16.5. The minimum Gasteiger partial charge on any atom is -0.467 e. The molecule has 9 heteroatoms. The Morgan fingerprint density at radius 2 is 1.90 bits per heavy atom. The summed E-state index contributed by atoms with van der Waals surface area (Å²) in [4.78, 5) is 38.2. The van der Waals surface area contributed by atoms with Gasteiger partial charge in [0.2, 0.25) is 11.8 Å². The Morgan fingerprint density at radius 1 is 1.10 bits per heavy atom. The molecule has 166 valence electrons. The second-order valence-corrected chi connectivity index (χ2v) is 7.40. The minimum absolute atomic E-state index is 0.0104. The molecule has 2 aromatic rings. The van der Waals surface area contributed by atoms with Gasteiger partial charge in [-0.25, -0.2) is 4.79 Å². The summed E-state index contributed by atoms with van der Waals surface area (Å²) in [5.74, 6) is 0.363. The number of likely N-dealkylation sites (tertiary alicyclic amines) is 1. The van der Waals surface area contributed by atoms with Gasteiger partial charge in [-0.15, -0.1) is 0 Å². The Bertz CT molecular complexity index is 876. The Kier molecular flexibility index (Phi) is 8.05. The highest BCUT2D eigenvalue weighted by Gasteiger charge is 2.27. The average molecular weight is 428 g/mol.